The van der Waals surface area contributed by atoms with Crippen molar-refractivity contribution in [3.05, 3.63) is 48.0 Å². The molecule has 0 fully saturated rings. The summed E-state index contributed by atoms with van der Waals surface area (Å²) < 4.78 is 15.6. The Labute approximate surface area is 121 Å². The third-order valence-electron chi connectivity index (χ3n) is 3.41. The molecule has 2 N–H and O–H groups in total. The molecule has 0 radical (unpaired) electrons. The van der Waals surface area contributed by atoms with E-state index in [0.717, 1.165) is 11.1 Å². The highest BCUT2D eigenvalue weighted by atomic mass is 19.1. The molecule has 108 valence electrons. The van der Waals surface area contributed by atoms with Crippen LogP contribution in [0.2, 0.25) is 0 Å². The van der Waals surface area contributed by atoms with E-state index in [-0.39, 0.29) is 11.7 Å². The van der Waals surface area contributed by atoms with Crippen molar-refractivity contribution >= 4 is 23.5 Å². The van der Waals surface area contributed by atoms with Crippen molar-refractivity contribution < 1.29 is 9.18 Å². The molecule has 1 aromatic heterocycles. The number of rotatable bonds is 4. The van der Waals surface area contributed by atoms with Crippen LogP contribution in [0.15, 0.2) is 31.1 Å². The predicted octanol–water partition coefficient (Wildman–Crippen LogP) is 2.62. The molecule has 5 nitrogen and oxygen atoms in total. The van der Waals surface area contributed by atoms with Crippen LogP contribution in [0.3, 0.4) is 0 Å². The predicted molar refractivity (Wildman–Crippen MR) is 79.3 cm³/mol. The topological polar surface area (TPSA) is 59.0 Å². The van der Waals surface area contributed by atoms with Crippen LogP contribution < -0.4 is 10.6 Å². The van der Waals surface area contributed by atoms with Crippen molar-refractivity contribution in [1.29, 1.82) is 0 Å². The maximum atomic E-state index is 14.0. The first-order chi connectivity index (χ1) is 10.2. The average Bonchev–Trinajstić information content (AvgIpc) is 2.93. The Bertz CT molecular complexity index is 708. The number of aromatic nitrogens is 2. The van der Waals surface area contributed by atoms with Crippen LogP contribution >= 0.6 is 0 Å². The Morgan fingerprint density at radius 3 is 3.10 bits per heavy atom. The molecule has 1 aliphatic rings. The smallest absolute Gasteiger partial charge is 0.224 e. The molecular weight excluding hydrogens is 271 g/mol. The number of nitrogens with zero attached hydrogens (tertiary/aromatic N) is 2. The number of halogens is 1. The molecule has 2 aromatic rings. The summed E-state index contributed by atoms with van der Waals surface area (Å²) in [4.78, 5) is 11.4. The summed E-state index contributed by atoms with van der Waals surface area (Å²) in [5.74, 6) is -0.353. The third kappa shape index (κ3) is 2.79. The quantitative estimate of drug-likeness (QED) is 0.908. The first-order valence-corrected chi connectivity index (χ1v) is 6.67. The van der Waals surface area contributed by atoms with Crippen molar-refractivity contribution in [3.8, 4) is 0 Å². The number of aryl methyl sites for hydroxylation is 1. The van der Waals surface area contributed by atoms with Gasteiger partial charge in [0.05, 0.1) is 11.9 Å². The first kappa shape index (κ1) is 13.4. The van der Waals surface area contributed by atoms with Crippen molar-refractivity contribution in [3.63, 3.8) is 0 Å². The number of fused-ring (bicyclic) bond motifs is 1. The molecule has 1 aliphatic heterocycles. The lowest BCUT2D eigenvalue weighted by Gasteiger charge is -2.18. The van der Waals surface area contributed by atoms with E-state index in [1.165, 1.54) is 6.07 Å². The Kier molecular flexibility index (Phi) is 3.43. The molecule has 0 aliphatic carbocycles. The van der Waals surface area contributed by atoms with Gasteiger partial charge in [0.1, 0.15) is 5.82 Å². The Balaban J connectivity index is 1.77. The zero-order valence-electron chi connectivity index (χ0n) is 11.4. The summed E-state index contributed by atoms with van der Waals surface area (Å²) in [7, 11) is 0. The van der Waals surface area contributed by atoms with E-state index in [9.17, 15) is 9.18 Å². The fourth-order valence-electron chi connectivity index (χ4n) is 2.30. The normalized spacial score (nSPS) is 13.5. The molecule has 21 heavy (non-hydrogen) atoms. The number of hydrogen-bond acceptors (Lipinski definition) is 3. The van der Waals surface area contributed by atoms with Crippen LogP contribution in [0.4, 0.5) is 15.8 Å². The number of carbonyl (C=O) groups is 1. The molecule has 3 rings (SSSR count). The summed E-state index contributed by atoms with van der Waals surface area (Å²) in [5.41, 5.74) is 2.78. The van der Waals surface area contributed by atoms with Crippen molar-refractivity contribution in [2.45, 2.75) is 19.4 Å². The van der Waals surface area contributed by atoms with Gasteiger partial charge in [-0.2, -0.15) is 5.10 Å². The lowest BCUT2D eigenvalue weighted by molar-refractivity contribution is -0.116. The maximum Gasteiger partial charge on any atom is 0.224 e. The van der Waals surface area contributed by atoms with E-state index in [0.29, 0.717) is 30.8 Å². The standard InChI is InChI=1S/C15H15FN4O/c1-2-20-9-10(8-18-20)7-17-14-6-13-11(5-12(14)16)3-4-15(21)19-13/h2,5-6,8-9,17H,1,3-4,7H2,(H,19,21). The molecule has 0 saturated heterocycles. The Morgan fingerprint density at radius 2 is 2.33 bits per heavy atom. The molecule has 1 amide bonds. The molecule has 0 unspecified atom stereocenters. The molecule has 0 bridgehead atoms. The summed E-state index contributed by atoms with van der Waals surface area (Å²) in [6.07, 6.45) is 6.05. The molecular formula is C15H15FN4O. The van der Waals surface area contributed by atoms with Gasteiger partial charge in [-0.1, -0.05) is 6.58 Å². The minimum absolute atomic E-state index is 0.0349. The SMILES string of the molecule is C=Cn1cc(CNc2cc3c(cc2F)CCC(=O)N3)cn1. The van der Waals surface area contributed by atoms with Gasteiger partial charge in [0.25, 0.3) is 0 Å². The van der Waals surface area contributed by atoms with Gasteiger partial charge in [0, 0.05) is 36.6 Å². The second-order valence-electron chi connectivity index (χ2n) is 4.90. The molecule has 0 spiro atoms. The van der Waals surface area contributed by atoms with Crippen LogP contribution in [0.25, 0.3) is 6.20 Å². The van der Waals surface area contributed by atoms with Crippen LogP contribution in [0.5, 0.6) is 0 Å². The largest absolute Gasteiger partial charge is 0.378 e. The van der Waals surface area contributed by atoms with Gasteiger partial charge < -0.3 is 10.6 Å². The summed E-state index contributed by atoms with van der Waals surface area (Å²) >= 11 is 0. The van der Waals surface area contributed by atoms with E-state index >= 15 is 0 Å². The highest BCUT2D eigenvalue weighted by molar-refractivity contribution is 5.94. The first-order valence-electron chi connectivity index (χ1n) is 6.67. The van der Waals surface area contributed by atoms with Gasteiger partial charge in [-0.25, -0.2) is 9.07 Å². The Morgan fingerprint density at radius 1 is 1.48 bits per heavy atom. The zero-order valence-corrected chi connectivity index (χ0v) is 11.4. The molecule has 0 atom stereocenters. The number of amides is 1. The summed E-state index contributed by atoms with van der Waals surface area (Å²) in [6, 6.07) is 3.12. The average molecular weight is 286 g/mol. The number of benzene rings is 1. The minimum Gasteiger partial charge on any atom is -0.378 e. The van der Waals surface area contributed by atoms with E-state index in [2.05, 4.69) is 22.3 Å². The summed E-state index contributed by atoms with van der Waals surface area (Å²) in [5, 5.41) is 9.84. The van der Waals surface area contributed by atoms with Gasteiger partial charge >= 0.3 is 0 Å². The zero-order chi connectivity index (χ0) is 14.8. The third-order valence-corrected chi connectivity index (χ3v) is 3.41. The van der Waals surface area contributed by atoms with Gasteiger partial charge in [-0.3, -0.25) is 4.79 Å². The van der Waals surface area contributed by atoms with Crippen LogP contribution in [-0.4, -0.2) is 15.7 Å². The van der Waals surface area contributed by atoms with Gasteiger partial charge in [-0.15, -0.1) is 0 Å². The fraction of sp³-hybridized carbons (Fsp3) is 0.200. The molecule has 6 heteroatoms. The Hall–Kier alpha value is -2.63. The number of nitrogens with one attached hydrogen (secondary N) is 2. The molecule has 1 aromatic carbocycles. The number of hydrogen-bond donors (Lipinski definition) is 2. The van der Waals surface area contributed by atoms with Crippen molar-refractivity contribution in [1.82, 2.24) is 9.78 Å². The lowest BCUT2D eigenvalue weighted by atomic mass is 10.0. The second-order valence-corrected chi connectivity index (χ2v) is 4.90. The van der Waals surface area contributed by atoms with Crippen LogP contribution in [0.1, 0.15) is 17.5 Å². The number of carbonyl (C=O) groups excluding carboxylic acids is 1. The van der Waals surface area contributed by atoms with Crippen molar-refractivity contribution in [2.24, 2.45) is 0 Å². The number of anilines is 2. The van der Waals surface area contributed by atoms with Crippen molar-refractivity contribution in [2.75, 3.05) is 10.6 Å². The maximum absolute atomic E-state index is 14.0. The fourth-order valence-corrected chi connectivity index (χ4v) is 2.30. The summed E-state index contributed by atoms with van der Waals surface area (Å²) in [6.45, 7) is 4.05. The van der Waals surface area contributed by atoms with E-state index in [1.54, 1.807) is 29.3 Å². The highest BCUT2D eigenvalue weighted by Gasteiger charge is 2.17. The van der Waals surface area contributed by atoms with Gasteiger partial charge in [-0.05, 0) is 24.1 Å². The molecule has 0 saturated carbocycles. The van der Waals surface area contributed by atoms with Gasteiger partial charge in [0.15, 0.2) is 0 Å². The van der Waals surface area contributed by atoms with Crippen LogP contribution in [-0.2, 0) is 17.8 Å². The molecule has 2 heterocycles. The minimum atomic E-state index is -0.319. The monoisotopic (exact) mass is 286 g/mol. The van der Waals surface area contributed by atoms with Gasteiger partial charge in [0.2, 0.25) is 5.91 Å². The second kappa shape index (κ2) is 5.40. The van der Waals surface area contributed by atoms with E-state index < -0.39 is 0 Å². The lowest BCUT2D eigenvalue weighted by Crippen LogP contribution is -2.19. The van der Waals surface area contributed by atoms with E-state index in [1.807, 2.05) is 0 Å². The van der Waals surface area contributed by atoms with Crippen LogP contribution in [0, 0.1) is 5.82 Å². The van der Waals surface area contributed by atoms with E-state index in [4.69, 9.17) is 0 Å². The highest BCUT2D eigenvalue weighted by Crippen LogP contribution is 2.28.